The van der Waals surface area contributed by atoms with Crippen LogP contribution in [-0.2, 0) is 0 Å². The third kappa shape index (κ3) is 3.05. The molecular formula is C9H9ClO3S. The Hall–Kier alpha value is -1.00. The van der Waals surface area contributed by atoms with Gasteiger partial charge in [-0.05, 0) is 12.5 Å². The highest BCUT2D eigenvalue weighted by Gasteiger charge is 2.07. The van der Waals surface area contributed by atoms with Gasteiger partial charge in [0.2, 0.25) is 0 Å². The predicted molar refractivity (Wildman–Crippen MR) is 56.4 cm³/mol. The van der Waals surface area contributed by atoms with Gasteiger partial charge in [0.1, 0.15) is 17.2 Å². The molecular weight excluding hydrogens is 224 g/mol. The lowest BCUT2D eigenvalue weighted by Crippen LogP contribution is -1.97. The lowest BCUT2D eigenvalue weighted by molar-refractivity contribution is 0.0702. The van der Waals surface area contributed by atoms with E-state index in [1.165, 1.54) is 11.6 Å². The summed E-state index contributed by atoms with van der Waals surface area (Å²) in [6.45, 7) is 2.21. The molecule has 1 N–H and O–H groups in total. The standard InChI is InChI=1S/C9H9ClO3S/c1-6(3-10)4-13-7-2-8(9(11)12)14-5-7/h2-3,5H,4H2,1H3,(H,11,12). The van der Waals surface area contributed by atoms with Crippen LogP contribution < -0.4 is 4.74 Å². The normalized spacial score (nSPS) is 11.4. The minimum atomic E-state index is -0.936. The van der Waals surface area contributed by atoms with Crippen molar-refractivity contribution in [1.82, 2.24) is 0 Å². The average Bonchev–Trinajstić information content (AvgIpc) is 2.62. The van der Waals surface area contributed by atoms with E-state index in [9.17, 15) is 4.79 Å². The van der Waals surface area contributed by atoms with Crippen LogP contribution in [0.4, 0.5) is 0 Å². The number of aromatic carboxylic acids is 1. The van der Waals surface area contributed by atoms with Gasteiger partial charge in [0.15, 0.2) is 0 Å². The van der Waals surface area contributed by atoms with E-state index in [1.807, 2.05) is 6.92 Å². The molecule has 0 aliphatic carbocycles. The third-order valence-electron chi connectivity index (χ3n) is 1.44. The molecule has 0 amide bonds. The van der Waals surface area contributed by atoms with Crippen molar-refractivity contribution in [3.8, 4) is 5.75 Å². The van der Waals surface area contributed by atoms with Crippen molar-refractivity contribution in [2.75, 3.05) is 6.61 Å². The van der Waals surface area contributed by atoms with Crippen LogP contribution in [-0.4, -0.2) is 17.7 Å². The predicted octanol–water partition coefficient (Wildman–Crippen LogP) is 2.97. The molecule has 1 rings (SSSR count). The fourth-order valence-corrected chi connectivity index (χ4v) is 1.46. The maximum atomic E-state index is 10.5. The van der Waals surface area contributed by atoms with Crippen LogP contribution in [0.15, 0.2) is 22.6 Å². The first kappa shape index (κ1) is 11.1. The lowest BCUT2D eigenvalue weighted by atomic mass is 10.4. The summed E-state index contributed by atoms with van der Waals surface area (Å²) in [7, 11) is 0. The summed E-state index contributed by atoms with van der Waals surface area (Å²) in [6.07, 6.45) is 0. The molecule has 0 aliphatic rings. The monoisotopic (exact) mass is 232 g/mol. The van der Waals surface area contributed by atoms with E-state index in [4.69, 9.17) is 21.4 Å². The van der Waals surface area contributed by atoms with Gasteiger partial charge in [0, 0.05) is 17.0 Å². The fourth-order valence-electron chi connectivity index (χ4n) is 0.735. The Bertz CT molecular complexity index is 357. The van der Waals surface area contributed by atoms with Crippen LogP contribution in [0.3, 0.4) is 0 Å². The van der Waals surface area contributed by atoms with Crippen LogP contribution >= 0.6 is 22.9 Å². The molecule has 76 valence electrons. The van der Waals surface area contributed by atoms with Gasteiger partial charge in [-0.1, -0.05) is 11.6 Å². The Labute approximate surface area is 90.6 Å². The third-order valence-corrected chi connectivity index (χ3v) is 2.71. The first-order valence-corrected chi connectivity index (χ1v) is 5.15. The van der Waals surface area contributed by atoms with Crippen molar-refractivity contribution in [2.24, 2.45) is 0 Å². The highest BCUT2D eigenvalue weighted by molar-refractivity contribution is 7.12. The smallest absolute Gasteiger partial charge is 0.346 e. The van der Waals surface area contributed by atoms with Gasteiger partial charge in [0.25, 0.3) is 0 Å². The Morgan fingerprint density at radius 1 is 1.79 bits per heavy atom. The summed E-state index contributed by atoms with van der Waals surface area (Å²) >= 11 is 6.58. The largest absolute Gasteiger partial charge is 0.488 e. The molecule has 0 fully saturated rings. The van der Waals surface area contributed by atoms with E-state index < -0.39 is 5.97 Å². The summed E-state index contributed by atoms with van der Waals surface area (Å²) in [4.78, 5) is 10.8. The number of rotatable bonds is 4. The number of carboxylic acids is 1. The van der Waals surface area contributed by atoms with E-state index in [0.717, 1.165) is 16.9 Å². The van der Waals surface area contributed by atoms with E-state index in [-0.39, 0.29) is 4.88 Å². The molecule has 1 heterocycles. The summed E-state index contributed by atoms with van der Waals surface area (Å²) in [5.41, 5.74) is 2.32. The molecule has 0 aliphatic heterocycles. The van der Waals surface area contributed by atoms with Crippen molar-refractivity contribution in [3.63, 3.8) is 0 Å². The molecule has 14 heavy (non-hydrogen) atoms. The molecule has 5 heteroatoms. The summed E-state index contributed by atoms with van der Waals surface area (Å²) in [5.74, 6) is -0.375. The molecule has 0 saturated carbocycles. The highest BCUT2D eigenvalue weighted by Crippen LogP contribution is 2.21. The van der Waals surface area contributed by atoms with Gasteiger partial charge in [-0.15, -0.1) is 11.3 Å². The fraction of sp³-hybridized carbons (Fsp3) is 0.222. The van der Waals surface area contributed by atoms with Crippen LogP contribution in [0.25, 0.3) is 0 Å². The molecule has 0 radical (unpaired) electrons. The summed E-state index contributed by atoms with van der Waals surface area (Å²) < 4.78 is 5.28. The van der Waals surface area contributed by atoms with Crippen molar-refractivity contribution in [1.29, 1.82) is 0 Å². The van der Waals surface area contributed by atoms with Crippen LogP contribution in [0.1, 0.15) is 16.6 Å². The number of halogens is 1. The van der Waals surface area contributed by atoms with Gasteiger partial charge < -0.3 is 9.84 Å². The second-order valence-corrected chi connectivity index (χ2v) is 3.83. The molecule has 1 aromatic rings. The number of hydrogen-bond acceptors (Lipinski definition) is 3. The van der Waals surface area contributed by atoms with Gasteiger partial charge in [0.05, 0.1) is 0 Å². The van der Waals surface area contributed by atoms with Gasteiger partial charge in [-0.3, -0.25) is 0 Å². The highest BCUT2D eigenvalue weighted by atomic mass is 35.5. The zero-order valence-corrected chi connectivity index (χ0v) is 9.06. The van der Waals surface area contributed by atoms with Crippen molar-refractivity contribution < 1.29 is 14.6 Å². The van der Waals surface area contributed by atoms with E-state index in [2.05, 4.69) is 0 Å². The number of carboxylic acid groups (broad SMARTS) is 1. The number of hydrogen-bond donors (Lipinski definition) is 1. The first-order valence-electron chi connectivity index (χ1n) is 3.84. The van der Waals surface area contributed by atoms with Crippen LogP contribution in [0.5, 0.6) is 5.75 Å². The van der Waals surface area contributed by atoms with Crippen molar-refractivity contribution in [2.45, 2.75) is 6.92 Å². The maximum absolute atomic E-state index is 10.5. The second kappa shape index (κ2) is 5.02. The maximum Gasteiger partial charge on any atom is 0.346 e. The minimum Gasteiger partial charge on any atom is -0.488 e. The SMILES string of the molecule is CC(=CCl)COc1csc(C(=O)O)c1. The second-order valence-electron chi connectivity index (χ2n) is 2.70. The van der Waals surface area contributed by atoms with Crippen LogP contribution in [0, 0.1) is 0 Å². The topological polar surface area (TPSA) is 46.5 Å². The summed E-state index contributed by atoms with van der Waals surface area (Å²) in [5, 5.41) is 10.3. The Morgan fingerprint density at radius 3 is 3.00 bits per heavy atom. The van der Waals surface area contributed by atoms with Crippen molar-refractivity contribution in [3.05, 3.63) is 27.4 Å². The molecule has 0 aromatic carbocycles. The van der Waals surface area contributed by atoms with Crippen LogP contribution in [0.2, 0.25) is 0 Å². The van der Waals surface area contributed by atoms with E-state index in [1.54, 1.807) is 5.38 Å². The quantitative estimate of drug-likeness (QED) is 0.868. The zero-order valence-electron chi connectivity index (χ0n) is 7.49. The Morgan fingerprint density at radius 2 is 2.50 bits per heavy atom. The van der Waals surface area contributed by atoms with E-state index >= 15 is 0 Å². The molecule has 0 spiro atoms. The molecule has 3 nitrogen and oxygen atoms in total. The van der Waals surface area contributed by atoms with Crippen molar-refractivity contribution >= 4 is 28.9 Å². The van der Waals surface area contributed by atoms with Gasteiger partial charge in [-0.25, -0.2) is 4.79 Å². The molecule has 0 atom stereocenters. The number of ether oxygens (including phenoxy) is 1. The Balaban J connectivity index is 2.56. The summed E-state index contributed by atoms with van der Waals surface area (Å²) in [6, 6.07) is 1.49. The average molecular weight is 233 g/mol. The molecule has 0 saturated heterocycles. The van der Waals surface area contributed by atoms with Gasteiger partial charge >= 0.3 is 5.97 Å². The molecule has 1 aromatic heterocycles. The Kier molecular flexibility index (Phi) is 3.98. The van der Waals surface area contributed by atoms with E-state index in [0.29, 0.717) is 12.4 Å². The number of carbonyl (C=O) groups is 1. The first-order chi connectivity index (χ1) is 6.63. The minimum absolute atomic E-state index is 0.271. The number of thiophene rings is 1. The van der Waals surface area contributed by atoms with Gasteiger partial charge in [-0.2, -0.15) is 0 Å². The lowest BCUT2D eigenvalue weighted by Gasteiger charge is -2.01. The zero-order chi connectivity index (χ0) is 10.6. The molecule has 0 bridgehead atoms. The molecule has 0 unspecified atom stereocenters.